The molecule has 6 heteroatoms. The van der Waals surface area contributed by atoms with Gasteiger partial charge in [0.1, 0.15) is 12.2 Å². The molecule has 0 saturated carbocycles. The van der Waals surface area contributed by atoms with Crippen molar-refractivity contribution in [3.63, 3.8) is 0 Å². The summed E-state index contributed by atoms with van der Waals surface area (Å²) in [6.07, 6.45) is -4.84. The van der Waals surface area contributed by atoms with E-state index in [-0.39, 0.29) is 0 Å². The molecule has 0 bridgehead atoms. The molecule has 1 aromatic carbocycles. The molecular weight excluding hydrogens is 240 g/mol. The quantitative estimate of drug-likeness (QED) is 0.616. The minimum Gasteiger partial charge on any atom is -0.450 e. The van der Waals surface area contributed by atoms with Crippen molar-refractivity contribution in [1.82, 2.24) is 0 Å². The Bertz CT molecular complexity index is 406. The third-order valence-electron chi connectivity index (χ3n) is 2.75. The molecule has 3 N–H and O–H groups in total. The molecule has 4 atom stereocenters. The lowest BCUT2D eigenvalue weighted by Crippen LogP contribution is -2.37. The number of aliphatic hydroxyl groups excluding tert-OH is 3. The van der Waals surface area contributed by atoms with Crippen LogP contribution in [0.1, 0.15) is 10.4 Å². The number of hydrogen-bond donors (Lipinski definition) is 3. The molecule has 1 fully saturated rings. The summed E-state index contributed by atoms with van der Waals surface area (Å²) < 4.78 is 9.83. The number of hydrogen-bond acceptors (Lipinski definition) is 6. The number of ether oxygens (including phenoxy) is 2. The summed E-state index contributed by atoms with van der Waals surface area (Å²) in [6.45, 7) is -0.461. The van der Waals surface area contributed by atoms with Crippen molar-refractivity contribution >= 4 is 5.97 Å². The van der Waals surface area contributed by atoms with Gasteiger partial charge in [0.05, 0.1) is 12.2 Å². The van der Waals surface area contributed by atoms with Crippen LogP contribution in [0.3, 0.4) is 0 Å². The van der Waals surface area contributed by atoms with Crippen LogP contribution in [-0.4, -0.2) is 52.5 Å². The maximum absolute atomic E-state index is 11.7. The molecule has 6 nitrogen and oxygen atoms in total. The highest BCUT2D eigenvalue weighted by Gasteiger charge is 2.45. The molecule has 0 amide bonds. The van der Waals surface area contributed by atoms with Gasteiger partial charge in [0.2, 0.25) is 0 Å². The van der Waals surface area contributed by atoms with Gasteiger partial charge in [-0.05, 0) is 12.1 Å². The lowest BCUT2D eigenvalue weighted by molar-refractivity contribution is -0.135. The van der Waals surface area contributed by atoms with Crippen molar-refractivity contribution in [3.05, 3.63) is 35.9 Å². The van der Waals surface area contributed by atoms with Gasteiger partial charge in [-0.15, -0.1) is 0 Å². The van der Waals surface area contributed by atoms with Crippen LogP contribution >= 0.6 is 0 Å². The predicted molar refractivity (Wildman–Crippen MR) is 59.6 cm³/mol. The van der Waals surface area contributed by atoms with Crippen LogP contribution in [0.25, 0.3) is 0 Å². The Balaban J connectivity index is 2.04. The average molecular weight is 254 g/mol. The Morgan fingerprint density at radius 2 is 1.94 bits per heavy atom. The molecule has 1 aromatic rings. The summed E-state index contributed by atoms with van der Waals surface area (Å²) >= 11 is 0. The molecule has 0 radical (unpaired) electrons. The molecule has 1 heterocycles. The monoisotopic (exact) mass is 254 g/mol. The van der Waals surface area contributed by atoms with Crippen LogP contribution in [0.5, 0.6) is 0 Å². The van der Waals surface area contributed by atoms with Gasteiger partial charge >= 0.3 is 5.97 Å². The largest absolute Gasteiger partial charge is 0.450 e. The third kappa shape index (κ3) is 2.51. The van der Waals surface area contributed by atoms with E-state index in [1.165, 1.54) is 0 Å². The van der Waals surface area contributed by atoms with Gasteiger partial charge in [-0.2, -0.15) is 0 Å². The zero-order valence-corrected chi connectivity index (χ0v) is 9.47. The number of carbonyl (C=O) groups is 1. The summed E-state index contributed by atoms with van der Waals surface area (Å²) in [7, 11) is 0. The second-order valence-corrected chi connectivity index (χ2v) is 3.97. The minimum absolute atomic E-state index is 0.310. The van der Waals surface area contributed by atoms with Gasteiger partial charge < -0.3 is 24.8 Å². The van der Waals surface area contributed by atoms with Gasteiger partial charge in [0.25, 0.3) is 0 Å². The van der Waals surface area contributed by atoms with E-state index >= 15 is 0 Å². The number of esters is 1. The Morgan fingerprint density at radius 3 is 2.50 bits per heavy atom. The molecule has 0 aromatic heterocycles. The molecule has 1 aliphatic rings. The van der Waals surface area contributed by atoms with Crippen molar-refractivity contribution in [1.29, 1.82) is 0 Å². The normalized spacial score (nSPS) is 31.3. The van der Waals surface area contributed by atoms with Gasteiger partial charge in [-0.1, -0.05) is 18.2 Å². The fraction of sp³-hybridized carbons (Fsp3) is 0.417. The van der Waals surface area contributed by atoms with E-state index in [1.54, 1.807) is 30.3 Å². The zero-order valence-electron chi connectivity index (χ0n) is 9.47. The van der Waals surface area contributed by atoms with E-state index in [1.807, 2.05) is 0 Å². The maximum atomic E-state index is 11.7. The standard InChI is InChI=1S/C12H14O6/c13-6-8-9(14)10(12(16)17-8)18-11(15)7-4-2-1-3-5-7/h1-5,8-10,12-14,16H,6H2/t8-,9-,10-,12?/m1/s1. The van der Waals surface area contributed by atoms with Crippen LogP contribution in [0.2, 0.25) is 0 Å². The molecule has 2 rings (SSSR count). The lowest BCUT2D eigenvalue weighted by atomic mass is 10.1. The van der Waals surface area contributed by atoms with E-state index in [0.29, 0.717) is 5.56 Å². The average Bonchev–Trinajstić information content (AvgIpc) is 2.67. The summed E-state index contributed by atoms with van der Waals surface area (Å²) in [5, 5.41) is 28.1. The predicted octanol–water partition coefficient (Wildman–Crippen LogP) is -0.718. The fourth-order valence-corrected chi connectivity index (χ4v) is 1.76. The van der Waals surface area contributed by atoms with Crippen molar-refractivity contribution in [3.8, 4) is 0 Å². The first kappa shape index (κ1) is 13.0. The van der Waals surface area contributed by atoms with E-state index in [9.17, 15) is 15.0 Å². The first-order valence-corrected chi connectivity index (χ1v) is 5.52. The lowest BCUT2D eigenvalue weighted by Gasteiger charge is -2.17. The Labute approximate surface area is 103 Å². The molecule has 1 aliphatic heterocycles. The second kappa shape index (κ2) is 5.45. The number of rotatable bonds is 3. The molecule has 1 saturated heterocycles. The van der Waals surface area contributed by atoms with E-state index < -0.39 is 37.2 Å². The number of aliphatic hydroxyl groups is 3. The van der Waals surface area contributed by atoms with Gasteiger partial charge in [0.15, 0.2) is 12.4 Å². The highest BCUT2D eigenvalue weighted by Crippen LogP contribution is 2.23. The van der Waals surface area contributed by atoms with Crippen LogP contribution < -0.4 is 0 Å². The molecule has 18 heavy (non-hydrogen) atoms. The van der Waals surface area contributed by atoms with E-state index in [0.717, 1.165) is 0 Å². The fourth-order valence-electron chi connectivity index (χ4n) is 1.76. The highest BCUT2D eigenvalue weighted by atomic mass is 16.7. The second-order valence-electron chi connectivity index (χ2n) is 3.97. The number of benzene rings is 1. The van der Waals surface area contributed by atoms with Crippen molar-refractivity contribution < 1.29 is 29.6 Å². The van der Waals surface area contributed by atoms with Crippen LogP contribution in [0.4, 0.5) is 0 Å². The summed E-state index contributed by atoms with van der Waals surface area (Å²) in [6, 6.07) is 8.21. The Morgan fingerprint density at radius 1 is 1.28 bits per heavy atom. The molecule has 0 aliphatic carbocycles. The maximum Gasteiger partial charge on any atom is 0.338 e. The number of carbonyl (C=O) groups excluding carboxylic acids is 1. The van der Waals surface area contributed by atoms with Gasteiger partial charge in [-0.25, -0.2) is 4.79 Å². The summed E-state index contributed by atoms with van der Waals surface area (Å²) in [4.78, 5) is 11.7. The van der Waals surface area contributed by atoms with Crippen LogP contribution in [0.15, 0.2) is 30.3 Å². The molecule has 98 valence electrons. The first-order valence-electron chi connectivity index (χ1n) is 5.52. The summed E-state index contributed by atoms with van der Waals surface area (Å²) in [5.41, 5.74) is 0.310. The first-order chi connectivity index (χ1) is 8.63. The summed E-state index contributed by atoms with van der Waals surface area (Å²) in [5.74, 6) is -0.666. The smallest absolute Gasteiger partial charge is 0.338 e. The molecule has 0 spiro atoms. The van der Waals surface area contributed by atoms with Crippen LogP contribution in [0, 0.1) is 0 Å². The Kier molecular flexibility index (Phi) is 3.93. The van der Waals surface area contributed by atoms with Crippen molar-refractivity contribution in [2.24, 2.45) is 0 Å². The highest BCUT2D eigenvalue weighted by molar-refractivity contribution is 5.89. The van der Waals surface area contributed by atoms with Crippen LogP contribution in [-0.2, 0) is 9.47 Å². The van der Waals surface area contributed by atoms with Gasteiger partial charge in [-0.3, -0.25) is 0 Å². The molecular formula is C12H14O6. The zero-order chi connectivity index (χ0) is 13.1. The topological polar surface area (TPSA) is 96.2 Å². The molecule has 1 unspecified atom stereocenters. The van der Waals surface area contributed by atoms with Gasteiger partial charge in [0, 0.05) is 0 Å². The minimum atomic E-state index is -1.44. The van der Waals surface area contributed by atoms with E-state index in [4.69, 9.17) is 14.6 Å². The SMILES string of the molecule is O=C(O[C@H]1C(O)O[C@H](CO)[C@H]1O)c1ccccc1. The Hall–Kier alpha value is -1.47. The van der Waals surface area contributed by atoms with Crippen molar-refractivity contribution in [2.75, 3.05) is 6.61 Å². The van der Waals surface area contributed by atoms with E-state index in [2.05, 4.69) is 0 Å². The third-order valence-corrected chi connectivity index (χ3v) is 2.75. The van der Waals surface area contributed by atoms with Crippen molar-refractivity contribution in [2.45, 2.75) is 24.6 Å².